The monoisotopic (exact) mass is 304 g/mol. The van der Waals surface area contributed by atoms with Crippen LogP contribution in [0.3, 0.4) is 0 Å². The maximum Gasteiger partial charge on any atom is 0.410 e. The maximum atomic E-state index is 11.9. The Labute approximate surface area is 133 Å². The zero-order valence-corrected chi connectivity index (χ0v) is 14.6. The lowest BCUT2D eigenvalue weighted by atomic mass is 10.0. The molecule has 0 spiro atoms. The minimum absolute atomic E-state index is 0.218. The number of carbonyl (C=O) groups is 1. The molecule has 1 aromatic rings. The largest absolute Gasteiger partial charge is 0.444 e. The van der Waals surface area contributed by atoms with Gasteiger partial charge in [0.25, 0.3) is 0 Å². The average Bonchev–Trinajstić information content (AvgIpc) is 2.34. The molecule has 1 N–H and O–H groups in total. The van der Waals surface area contributed by atoms with E-state index >= 15 is 0 Å². The normalized spacial score (nSPS) is 17.1. The lowest BCUT2D eigenvalue weighted by Gasteiger charge is -2.41. The summed E-state index contributed by atoms with van der Waals surface area (Å²) in [5.41, 5.74) is 3.49. The standard InChI is InChI=1S/C18H28N2O2/c1-12-7-8-15(9-13(12)2)14(3)19-16-10-20(11-16)17(21)22-18(4,5)6/h7-9,14,16,19H,10-11H2,1-6H3. The number of likely N-dealkylation sites (tertiary alicyclic amines) is 1. The highest BCUT2D eigenvalue weighted by Gasteiger charge is 2.34. The van der Waals surface area contributed by atoms with Gasteiger partial charge in [0, 0.05) is 25.2 Å². The van der Waals surface area contributed by atoms with Crippen molar-refractivity contribution in [2.45, 2.75) is 59.2 Å². The molecule has 1 aromatic carbocycles. The lowest BCUT2D eigenvalue weighted by Crippen LogP contribution is -2.60. The number of nitrogens with one attached hydrogen (secondary N) is 1. The van der Waals surface area contributed by atoms with E-state index in [1.165, 1.54) is 16.7 Å². The molecular weight excluding hydrogens is 276 g/mol. The van der Waals surface area contributed by atoms with E-state index in [1.807, 2.05) is 20.8 Å². The molecule has 1 fully saturated rings. The van der Waals surface area contributed by atoms with Crippen LogP contribution in [0, 0.1) is 13.8 Å². The van der Waals surface area contributed by atoms with Gasteiger partial charge in [-0.05, 0) is 58.2 Å². The van der Waals surface area contributed by atoms with Gasteiger partial charge in [-0.15, -0.1) is 0 Å². The molecule has 1 aliphatic heterocycles. The summed E-state index contributed by atoms with van der Waals surface area (Å²) < 4.78 is 5.37. The Bertz CT molecular complexity index is 543. The SMILES string of the molecule is Cc1ccc(C(C)NC2CN(C(=O)OC(C)(C)C)C2)cc1C. The van der Waals surface area contributed by atoms with Gasteiger partial charge < -0.3 is 15.0 Å². The topological polar surface area (TPSA) is 41.6 Å². The first-order valence-corrected chi connectivity index (χ1v) is 7.97. The van der Waals surface area contributed by atoms with E-state index < -0.39 is 5.60 Å². The van der Waals surface area contributed by atoms with Gasteiger partial charge in [0.1, 0.15) is 5.60 Å². The van der Waals surface area contributed by atoms with Crippen LogP contribution in [0.2, 0.25) is 0 Å². The Morgan fingerprint density at radius 2 is 1.91 bits per heavy atom. The van der Waals surface area contributed by atoms with Gasteiger partial charge in [-0.3, -0.25) is 0 Å². The number of hydrogen-bond acceptors (Lipinski definition) is 3. The predicted octanol–water partition coefficient (Wildman–Crippen LogP) is 3.57. The molecule has 1 saturated heterocycles. The minimum Gasteiger partial charge on any atom is -0.444 e. The van der Waals surface area contributed by atoms with Crippen molar-refractivity contribution in [2.24, 2.45) is 0 Å². The Hall–Kier alpha value is -1.55. The molecular formula is C18H28N2O2. The molecule has 1 unspecified atom stereocenters. The summed E-state index contributed by atoms with van der Waals surface area (Å²) in [6.45, 7) is 13.5. The number of benzene rings is 1. The fourth-order valence-corrected chi connectivity index (χ4v) is 2.54. The third-order valence-electron chi connectivity index (χ3n) is 4.05. The Balaban J connectivity index is 1.82. The van der Waals surface area contributed by atoms with E-state index in [0.29, 0.717) is 19.1 Å². The minimum atomic E-state index is -0.428. The summed E-state index contributed by atoms with van der Waals surface area (Å²) in [5.74, 6) is 0. The van der Waals surface area contributed by atoms with Crippen molar-refractivity contribution in [3.63, 3.8) is 0 Å². The van der Waals surface area contributed by atoms with Crippen LogP contribution in [0.1, 0.15) is 50.4 Å². The van der Waals surface area contributed by atoms with Crippen molar-refractivity contribution in [1.82, 2.24) is 10.2 Å². The number of rotatable bonds is 3. The van der Waals surface area contributed by atoms with Crippen molar-refractivity contribution in [2.75, 3.05) is 13.1 Å². The van der Waals surface area contributed by atoms with Crippen LogP contribution in [-0.4, -0.2) is 35.7 Å². The molecule has 0 aromatic heterocycles. The number of aryl methyl sites for hydroxylation is 2. The van der Waals surface area contributed by atoms with Crippen molar-refractivity contribution in [3.05, 3.63) is 34.9 Å². The molecule has 4 nitrogen and oxygen atoms in total. The van der Waals surface area contributed by atoms with E-state index in [1.54, 1.807) is 4.90 Å². The highest BCUT2D eigenvalue weighted by atomic mass is 16.6. The zero-order valence-electron chi connectivity index (χ0n) is 14.6. The Morgan fingerprint density at radius 1 is 1.27 bits per heavy atom. The molecule has 22 heavy (non-hydrogen) atoms. The summed E-state index contributed by atoms with van der Waals surface area (Å²) in [7, 11) is 0. The average molecular weight is 304 g/mol. The first-order valence-electron chi connectivity index (χ1n) is 7.97. The lowest BCUT2D eigenvalue weighted by molar-refractivity contribution is 0.00434. The predicted molar refractivity (Wildman–Crippen MR) is 89.1 cm³/mol. The zero-order chi connectivity index (χ0) is 16.5. The second kappa shape index (κ2) is 6.29. The first kappa shape index (κ1) is 16.8. The van der Waals surface area contributed by atoms with Gasteiger partial charge in [0.2, 0.25) is 0 Å². The van der Waals surface area contributed by atoms with E-state index in [9.17, 15) is 4.79 Å². The Morgan fingerprint density at radius 3 is 2.45 bits per heavy atom. The molecule has 122 valence electrons. The summed E-state index contributed by atoms with van der Waals surface area (Å²) in [6.07, 6.45) is -0.218. The van der Waals surface area contributed by atoms with E-state index in [4.69, 9.17) is 4.74 Å². The number of ether oxygens (including phenoxy) is 1. The van der Waals surface area contributed by atoms with Crippen molar-refractivity contribution in [3.8, 4) is 0 Å². The second-order valence-corrected chi connectivity index (χ2v) is 7.31. The van der Waals surface area contributed by atoms with Crippen LogP contribution >= 0.6 is 0 Å². The van der Waals surface area contributed by atoms with Gasteiger partial charge in [0.15, 0.2) is 0 Å². The Kier molecular flexibility index (Phi) is 4.81. The van der Waals surface area contributed by atoms with E-state index in [2.05, 4.69) is 44.3 Å². The smallest absolute Gasteiger partial charge is 0.410 e. The molecule has 1 amide bonds. The van der Waals surface area contributed by atoms with Gasteiger partial charge in [-0.1, -0.05) is 18.2 Å². The van der Waals surface area contributed by atoms with Gasteiger partial charge in [-0.25, -0.2) is 4.79 Å². The molecule has 1 heterocycles. The number of amides is 1. The van der Waals surface area contributed by atoms with E-state index in [-0.39, 0.29) is 12.1 Å². The molecule has 0 saturated carbocycles. The molecule has 2 rings (SSSR count). The fraction of sp³-hybridized carbons (Fsp3) is 0.611. The van der Waals surface area contributed by atoms with Gasteiger partial charge in [0.05, 0.1) is 0 Å². The van der Waals surface area contributed by atoms with Crippen molar-refractivity contribution in [1.29, 1.82) is 0 Å². The molecule has 1 aliphatic rings. The number of nitrogens with zero attached hydrogens (tertiary/aromatic N) is 1. The van der Waals surface area contributed by atoms with Crippen LogP contribution < -0.4 is 5.32 Å². The first-order chi connectivity index (χ1) is 10.2. The third-order valence-corrected chi connectivity index (χ3v) is 4.05. The summed E-state index contributed by atoms with van der Waals surface area (Å²) >= 11 is 0. The van der Waals surface area contributed by atoms with Crippen LogP contribution in [-0.2, 0) is 4.74 Å². The molecule has 0 bridgehead atoms. The van der Waals surface area contributed by atoms with Gasteiger partial charge in [-0.2, -0.15) is 0 Å². The summed E-state index contributed by atoms with van der Waals surface area (Å²) in [6, 6.07) is 7.19. The van der Waals surface area contributed by atoms with Crippen LogP contribution in [0.25, 0.3) is 0 Å². The molecule has 0 aliphatic carbocycles. The fourth-order valence-electron chi connectivity index (χ4n) is 2.54. The second-order valence-electron chi connectivity index (χ2n) is 7.31. The maximum absolute atomic E-state index is 11.9. The highest BCUT2D eigenvalue weighted by molar-refractivity contribution is 5.69. The van der Waals surface area contributed by atoms with Crippen LogP contribution in [0.15, 0.2) is 18.2 Å². The summed E-state index contributed by atoms with van der Waals surface area (Å²) in [4.78, 5) is 13.6. The number of carbonyl (C=O) groups excluding carboxylic acids is 1. The quantitative estimate of drug-likeness (QED) is 0.928. The van der Waals surface area contributed by atoms with Crippen molar-refractivity contribution >= 4 is 6.09 Å². The molecule has 0 radical (unpaired) electrons. The molecule has 1 atom stereocenters. The molecule has 4 heteroatoms. The van der Waals surface area contributed by atoms with Gasteiger partial charge >= 0.3 is 6.09 Å². The van der Waals surface area contributed by atoms with Crippen LogP contribution in [0.4, 0.5) is 4.79 Å². The summed E-state index contributed by atoms with van der Waals surface area (Å²) in [5, 5.41) is 3.58. The highest BCUT2D eigenvalue weighted by Crippen LogP contribution is 2.20. The third kappa shape index (κ3) is 4.23. The van der Waals surface area contributed by atoms with E-state index in [0.717, 1.165) is 0 Å². The van der Waals surface area contributed by atoms with Crippen molar-refractivity contribution < 1.29 is 9.53 Å². The number of hydrogen-bond donors (Lipinski definition) is 1. The van der Waals surface area contributed by atoms with Crippen LogP contribution in [0.5, 0.6) is 0 Å².